The number of hydrogen-bond acceptors (Lipinski definition) is 14. The van der Waals surface area contributed by atoms with Gasteiger partial charge in [0.05, 0.1) is 11.4 Å². The molecule has 0 radical (unpaired) electrons. The topological polar surface area (TPSA) is 324 Å². The van der Waals surface area contributed by atoms with Crippen molar-refractivity contribution in [2.75, 3.05) is 21.5 Å². The number of carbonyl (C=O) groups is 6. The molecule has 0 aliphatic heterocycles. The highest BCUT2D eigenvalue weighted by atomic mass is 32.2. The third-order valence-corrected chi connectivity index (χ3v) is 12.5. The van der Waals surface area contributed by atoms with Gasteiger partial charge in [0.15, 0.2) is 11.4 Å². The summed E-state index contributed by atoms with van der Waals surface area (Å²) in [5.74, 6) is -4.78. The van der Waals surface area contributed by atoms with E-state index in [9.17, 15) is 54.7 Å². The first kappa shape index (κ1) is 49.5. The van der Waals surface area contributed by atoms with E-state index in [1.54, 1.807) is 48.5 Å². The molecule has 20 nitrogen and oxygen atoms in total. The summed E-state index contributed by atoms with van der Waals surface area (Å²) in [5, 5.41) is 30.9. The average molecular weight is 989 g/mol. The zero-order valence-corrected chi connectivity index (χ0v) is 38.0. The Hall–Kier alpha value is -8.44. The lowest BCUT2D eigenvalue weighted by atomic mass is 9.94. The monoisotopic (exact) mass is 988 g/mol. The van der Waals surface area contributed by atoms with Crippen molar-refractivity contribution in [1.29, 1.82) is 0 Å². The Labute approximate surface area is 399 Å². The van der Waals surface area contributed by atoms with Crippen LogP contribution >= 0.6 is 0 Å². The number of ketones is 2. The van der Waals surface area contributed by atoms with Crippen molar-refractivity contribution >= 4 is 102 Å². The summed E-state index contributed by atoms with van der Waals surface area (Å²) >= 11 is 0. The van der Waals surface area contributed by atoms with E-state index >= 15 is 0 Å². The van der Waals surface area contributed by atoms with E-state index < -0.39 is 76.8 Å². The van der Waals surface area contributed by atoms with Gasteiger partial charge in [-0.25, -0.2) is 0 Å². The molecular weight excluding hydrogens is 949 g/mol. The minimum absolute atomic E-state index is 0.00790. The van der Waals surface area contributed by atoms with Crippen LogP contribution in [0.1, 0.15) is 89.4 Å². The number of aryl methyl sites for hydroxylation is 2. The number of rotatable bonds is 18. The molecule has 70 heavy (non-hydrogen) atoms. The van der Waals surface area contributed by atoms with Gasteiger partial charge in [0.25, 0.3) is 32.1 Å². The Morgan fingerprint density at radius 1 is 0.486 bits per heavy atom. The van der Waals surface area contributed by atoms with E-state index in [4.69, 9.17) is 10.2 Å². The van der Waals surface area contributed by atoms with Crippen LogP contribution in [0.2, 0.25) is 0 Å². The number of fused-ring (bicyclic) bond motifs is 2. The van der Waals surface area contributed by atoms with Gasteiger partial charge < -0.3 is 20.8 Å². The Kier molecular flexibility index (Phi) is 14.7. The lowest BCUT2D eigenvalue weighted by molar-refractivity contribution is -0.138. The highest BCUT2D eigenvalue weighted by Gasteiger charge is 2.34. The number of Topliss-reactive ketones (excluding diaryl/α,β-unsaturated/α-hetero) is 2. The van der Waals surface area contributed by atoms with E-state index in [1.807, 2.05) is 0 Å². The van der Waals surface area contributed by atoms with Gasteiger partial charge in [-0.05, 0) is 145 Å². The maximum absolute atomic E-state index is 13.5. The molecule has 2 aliphatic rings. The number of nitrogens with zero attached hydrogens (tertiary/aromatic N) is 2. The molecule has 5 aromatic rings. The number of aliphatic carboxylic acids is 2. The summed E-state index contributed by atoms with van der Waals surface area (Å²) in [4.78, 5) is 73.6. The van der Waals surface area contributed by atoms with Crippen LogP contribution in [0.5, 0.6) is 0 Å². The summed E-state index contributed by atoms with van der Waals surface area (Å²) in [6, 6.07) is 26.8. The van der Waals surface area contributed by atoms with Gasteiger partial charge in [0.2, 0.25) is 11.6 Å². The van der Waals surface area contributed by atoms with Crippen molar-refractivity contribution < 1.29 is 64.9 Å². The number of anilines is 4. The summed E-state index contributed by atoms with van der Waals surface area (Å²) in [6.45, 7) is 0. The van der Waals surface area contributed by atoms with Crippen LogP contribution in [0.15, 0.2) is 129 Å². The number of carbonyl (C=O) groups excluding carboxylic acids is 4. The zero-order valence-electron chi connectivity index (χ0n) is 36.4. The molecule has 0 spiro atoms. The normalized spacial score (nSPS) is 14.5. The number of carboxylic acids is 2. The first-order valence-corrected chi connectivity index (χ1v) is 23.9. The smallest absolute Gasteiger partial charge is 0.303 e. The van der Waals surface area contributed by atoms with Gasteiger partial charge in [0, 0.05) is 46.5 Å². The molecule has 0 bridgehead atoms. The highest BCUT2D eigenvalue weighted by Crippen LogP contribution is 2.30. The zero-order chi connectivity index (χ0) is 50.3. The third kappa shape index (κ3) is 12.2. The first-order chi connectivity index (χ1) is 33.2. The Morgan fingerprint density at radius 3 is 1.16 bits per heavy atom. The van der Waals surface area contributed by atoms with Crippen LogP contribution in [0, 0.1) is 0 Å². The lowest BCUT2D eigenvalue weighted by Gasteiger charge is -2.17. The molecule has 0 aromatic heterocycles. The molecule has 0 saturated heterocycles. The van der Waals surface area contributed by atoms with Gasteiger partial charge in [-0.15, -0.1) is 0 Å². The molecule has 0 atom stereocenters. The molecule has 0 saturated carbocycles. The average Bonchev–Trinajstić information content (AvgIpc) is 3.30. The van der Waals surface area contributed by atoms with E-state index in [0.717, 1.165) is 23.3 Å². The molecule has 358 valence electrons. The van der Waals surface area contributed by atoms with Crippen molar-refractivity contribution in [3.05, 3.63) is 164 Å². The summed E-state index contributed by atoms with van der Waals surface area (Å²) < 4.78 is 69.8. The molecule has 0 fully saturated rings. The van der Waals surface area contributed by atoms with Crippen LogP contribution in [0.25, 0.3) is 12.2 Å². The molecule has 5 aromatic carbocycles. The lowest BCUT2D eigenvalue weighted by Crippen LogP contribution is -2.27. The second-order valence-corrected chi connectivity index (χ2v) is 18.5. The number of hydrazone groups is 2. The molecule has 0 heterocycles. The predicted octanol–water partition coefficient (Wildman–Crippen LogP) is 6.79. The van der Waals surface area contributed by atoms with Crippen molar-refractivity contribution in [3.8, 4) is 0 Å². The largest absolute Gasteiger partial charge is 0.481 e. The first-order valence-electron chi connectivity index (χ1n) is 21.0. The van der Waals surface area contributed by atoms with E-state index in [2.05, 4.69) is 31.7 Å². The van der Waals surface area contributed by atoms with Crippen LogP contribution in [0.3, 0.4) is 0 Å². The van der Waals surface area contributed by atoms with Gasteiger partial charge in [-0.2, -0.15) is 27.0 Å². The van der Waals surface area contributed by atoms with Gasteiger partial charge in [-0.3, -0.25) is 48.7 Å². The van der Waals surface area contributed by atoms with E-state index in [-0.39, 0.29) is 57.6 Å². The van der Waals surface area contributed by atoms with Crippen LogP contribution in [0.4, 0.5) is 22.7 Å². The van der Waals surface area contributed by atoms with Crippen molar-refractivity contribution in [1.82, 2.24) is 0 Å². The Bertz CT molecular complexity index is 3110. The third-order valence-electron chi connectivity index (χ3n) is 10.8. The fourth-order valence-corrected chi connectivity index (χ4v) is 8.55. The Morgan fingerprint density at radius 2 is 0.829 bits per heavy atom. The molecular formula is C48H40N6O14S2. The number of allylic oxidation sites excluding steroid dienone is 2. The van der Waals surface area contributed by atoms with Crippen LogP contribution < -0.4 is 21.5 Å². The van der Waals surface area contributed by atoms with Crippen LogP contribution in [-0.2, 0) is 42.7 Å². The maximum atomic E-state index is 13.5. The van der Waals surface area contributed by atoms with Crippen molar-refractivity contribution in [3.63, 3.8) is 0 Å². The number of nitrogens with one attached hydrogen (secondary N) is 4. The number of hydrogen-bond donors (Lipinski definition) is 8. The molecule has 22 heteroatoms. The van der Waals surface area contributed by atoms with Crippen molar-refractivity contribution in [2.45, 2.75) is 38.5 Å². The summed E-state index contributed by atoms with van der Waals surface area (Å²) in [7, 11) is -9.96. The highest BCUT2D eigenvalue weighted by molar-refractivity contribution is 7.91. The maximum Gasteiger partial charge on any atom is 0.303 e. The van der Waals surface area contributed by atoms with Crippen LogP contribution in [-0.4, -0.2) is 82.9 Å². The number of amides is 2. The summed E-state index contributed by atoms with van der Waals surface area (Å²) in [5.41, 5.74) is 7.15. The minimum atomic E-state index is -4.98. The van der Waals surface area contributed by atoms with Gasteiger partial charge >= 0.3 is 11.9 Å². The predicted molar refractivity (Wildman–Crippen MR) is 259 cm³/mol. The Balaban J connectivity index is 0.995. The molecule has 2 amide bonds. The molecule has 0 unspecified atom stereocenters. The fourth-order valence-electron chi connectivity index (χ4n) is 7.24. The van der Waals surface area contributed by atoms with Gasteiger partial charge in [0.1, 0.15) is 9.81 Å². The van der Waals surface area contributed by atoms with Crippen molar-refractivity contribution in [2.24, 2.45) is 10.2 Å². The standard InChI is InChI=1S/C48H40N6O14S2/c55-41(56)5-1-3-27-7-15-33(16-8-27)51-53-43-39(69(63,64)65)25-31-23-35(19-21-37(31)45(43)59)49-47(61)29-11-13-30(14-12-29)48(62)50-36-20-22-38-32(24-36)26-40(70(66,67)68)44(46(38)60)54-52-34-17-9-28(10-18-34)4-2-6-42(57)58/h7-26,51-52H,1-6H2,(H,49,61)(H,50,62)(H,55,56)(H,57,58)(H,63,64,65)(H,66,67,68)/b53-43-,54-44-. The molecule has 2 aliphatic carbocycles. The number of benzene rings is 5. The quantitative estimate of drug-likeness (QED) is 0.0331. The minimum Gasteiger partial charge on any atom is -0.481 e. The fraction of sp³-hybridized carbons (Fsp3) is 0.125. The number of carboxylic acid groups (broad SMARTS) is 2. The summed E-state index contributed by atoms with van der Waals surface area (Å²) in [6.07, 6.45) is 3.97. The second-order valence-electron chi connectivity index (χ2n) is 15.7. The van der Waals surface area contributed by atoms with E-state index in [1.165, 1.54) is 60.7 Å². The second kappa shape index (κ2) is 20.8. The molecule has 7 rings (SSSR count). The molecule has 8 N–H and O–H groups in total. The van der Waals surface area contributed by atoms with E-state index in [0.29, 0.717) is 37.1 Å². The van der Waals surface area contributed by atoms with Gasteiger partial charge in [-0.1, -0.05) is 24.3 Å². The SMILES string of the molecule is O=C(O)CCCc1ccc(N/N=C2\C(=O)c3ccc(NC(=O)c4ccc(C(=O)Nc5ccc6c(c5)C=C(S(=O)(=O)O)/C(=N/Nc5ccc(CCCC(=O)O)cc5)C6=O)cc4)cc3C=C2S(=O)(=O)O)cc1.